The number of nitrogens with zero attached hydrogens (tertiary/aromatic N) is 2. The summed E-state index contributed by atoms with van der Waals surface area (Å²) in [4.78, 5) is 17.2. The number of benzene rings is 2. The molecule has 0 spiro atoms. The van der Waals surface area contributed by atoms with E-state index in [0.29, 0.717) is 28.5 Å². The highest BCUT2D eigenvalue weighted by Crippen LogP contribution is 2.28. The highest BCUT2D eigenvalue weighted by Gasteiger charge is 2.25. The summed E-state index contributed by atoms with van der Waals surface area (Å²) in [5, 5.41) is 7.15. The van der Waals surface area contributed by atoms with Gasteiger partial charge >= 0.3 is 6.03 Å². The monoisotopic (exact) mass is 462 g/mol. The van der Waals surface area contributed by atoms with Crippen LogP contribution in [-0.2, 0) is 0 Å². The minimum absolute atomic E-state index is 0.160. The van der Waals surface area contributed by atoms with Crippen molar-refractivity contribution in [1.29, 1.82) is 0 Å². The number of aryl methyl sites for hydroxylation is 1. The lowest BCUT2D eigenvalue weighted by molar-refractivity contribution is 0.161. The molecular weight excluding hydrogens is 431 g/mol. The largest absolute Gasteiger partial charge is 0.369 e. The average Bonchev–Trinajstić information content (AvgIpc) is 2.74. The Hall–Kier alpha value is -1.95. The van der Waals surface area contributed by atoms with E-state index < -0.39 is 0 Å². The minimum atomic E-state index is -0.160. The smallest absolute Gasteiger partial charge is 0.319 e. The lowest BCUT2D eigenvalue weighted by atomic mass is 10.0. The van der Waals surface area contributed by atoms with Gasteiger partial charge in [-0.1, -0.05) is 54.7 Å². The van der Waals surface area contributed by atoms with Crippen molar-refractivity contribution in [3.8, 4) is 0 Å². The fraction of sp³-hybridized carbons (Fsp3) is 0.458. The molecule has 0 bridgehead atoms. The number of hydrogen-bond donors (Lipinski definition) is 2. The molecule has 0 aliphatic carbocycles. The lowest BCUT2D eigenvalue weighted by Crippen LogP contribution is -2.54. The molecule has 0 aromatic heterocycles. The van der Waals surface area contributed by atoms with Crippen LogP contribution < -0.4 is 15.5 Å². The molecule has 0 radical (unpaired) electrons. The van der Waals surface area contributed by atoms with Crippen LogP contribution in [0.4, 0.5) is 16.2 Å². The summed E-state index contributed by atoms with van der Waals surface area (Å²) in [5.41, 5.74) is 3.08. The maximum Gasteiger partial charge on any atom is 0.319 e. The van der Waals surface area contributed by atoms with Gasteiger partial charge in [0.1, 0.15) is 0 Å². The molecule has 5 nitrogen and oxygen atoms in total. The van der Waals surface area contributed by atoms with Crippen LogP contribution in [0.5, 0.6) is 0 Å². The molecule has 7 heteroatoms. The first-order valence-electron chi connectivity index (χ1n) is 10.9. The Balaban J connectivity index is 1.53. The predicted molar refractivity (Wildman–Crippen MR) is 132 cm³/mol. The van der Waals surface area contributed by atoms with E-state index in [0.717, 1.165) is 44.0 Å². The Morgan fingerprint density at radius 3 is 2.29 bits per heavy atom. The third kappa shape index (κ3) is 7.03. The van der Waals surface area contributed by atoms with Crippen LogP contribution in [0.3, 0.4) is 0 Å². The van der Waals surface area contributed by atoms with Gasteiger partial charge in [0, 0.05) is 50.1 Å². The SMILES string of the molecule is Cc1ccc(NC(=O)NCC(CC(C)C)N2CCN(c3ccc(Cl)c(Cl)c3)CC2)cc1. The van der Waals surface area contributed by atoms with E-state index in [-0.39, 0.29) is 6.03 Å². The second-order valence-electron chi connectivity index (χ2n) is 8.61. The molecule has 3 rings (SSSR count). The van der Waals surface area contributed by atoms with E-state index >= 15 is 0 Å². The van der Waals surface area contributed by atoms with E-state index in [9.17, 15) is 4.79 Å². The predicted octanol–water partition coefficient (Wildman–Crippen LogP) is 5.66. The summed E-state index contributed by atoms with van der Waals surface area (Å²) >= 11 is 12.2. The van der Waals surface area contributed by atoms with E-state index in [1.165, 1.54) is 5.56 Å². The summed E-state index contributed by atoms with van der Waals surface area (Å²) < 4.78 is 0. The topological polar surface area (TPSA) is 47.6 Å². The number of nitrogens with one attached hydrogen (secondary N) is 2. The second kappa shape index (κ2) is 11.1. The van der Waals surface area contributed by atoms with Crippen molar-refractivity contribution in [2.24, 2.45) is 5.92 Å². The first-order chi connectivity index (χ1) is 14.8. The van der Waals surface area contributed by atoms with Crippen molar-refractivity contribution in [1.82, 2.24) is 10.2 Å². The number of amides is 2. The van der Waals surface area contributed by atoms with Gasteiger partial charge in [-0.05, 0) is 49.6 Å². The van der Waals surface area contributed by atoms with Crippen LogP contribution in [0, 0.1) is 12.8 Å². The molecule has 1 fully saturated rings. The summed E-state index contributed by atoms with van der Waals surface area (Å²) in [5.74, 6) is 0.556. The Morgan fingerprint density at radius 2 is 1.68 bits per heavy atom. The minimum Gasteiger partial charge on any atom is -0.369 e. The lowest BCUT2D eigenvalue weighted by Gasteiger charge is -2.41. The molecule has 1 aliphatic rings. The Bertz CT molecular complexity index is 864. The molecule has 2 N–H and O–H groups in total. The molecule has 2 aromatic carbocycles. The Morgan fingerprint density at radius 1 is 1.00 bits per heavy atom. The fourth-order valence-corrected chi connectivity index (χ4v) is 4.25. The van der Waals surface area contributed by atoms with E-state index in [1.807, 2.05) is 49.4 Å². The molecule has 2 amide bonds. The third-order valence-electron chi connectivity index (χ3n) is 5.65. The van der Waals surface area contributed by atoms with Gasteiger partial charge in [-0.15, -0.1) is 0 Å². The van der Waals surface area contributed by atoms with Crippen LogP contribution in [0.1, 0.15) is 25.8 Å². The number of piperazine rings is 1. The zero-order valence-corrected chi connectivity index (χ0v) is 20.0. The van der Waals surface area contributed by atoms with Crippen molar-refractivity contribution in [2.45, 2.75) is 33.2 Å². The first kappa shape index (κ1) is 23.7. The Kier molecular flexibility index (Phi) is 8.47. The van der Waals surface area contributed by atoms with E-state index in [4.69, 9.17) is 23.2 Å². The quantitative estimate of drug-likeness (QED) is 0.557. The van der Waals surface area contributed by atoms with Crippen LogP contribution in [-0.4, -0.2) is 49.7 Å². The van der Waals surface area contributed by atoms with E-state index in [2.05, 4.69) is 34.3 Å². The number of hydrogen-bond acceptors (Lipinski definition) is 3. The van der Waals surface area contributed by atoms with Gasteiger partial charge in [0.25, 0.3) is 0 Å². The average molecular weight is 463 g/mol. The molecule has 1 atom stereocenters. The molecule has 1 aliphatic heterocycles. The molecule has 1 saturated heterocycles. The highest BCUT2D eigenvalue weighted by atomic mass is 35.5. The second-order valence-corrected chi connectivity index (χ2v) is 9.42. The first-order valence-corrected chi connectivity index (χ1v) is 11.6. The van der Waals surface area contributed by atoms with Crippen LogP contribution >= 0.6 is 23.2 Å². The molecule has 31 heavy (non-hydrogen) atoms. The normalized spacial score (nSPS) is 15.7. The molecule has 168 valence electrons. The number of urea groups is 1. The summed E-state index contributed by atoms with van der Waals surface area (Å²) in [6, 6.07) is 13.8. The zero-order chi connectivity index (χ0) is 22.4. The van der Waals surface area contributed by atoms with Gasteiger partial charge in [0.15, 0.2) is 0 Å². The van der Waals surface area contributed by atoms with Gasteiger partial charge in [-0.3, -0.25) is 4.90 Å². The van der Waals surface area contributed by atoms with Gasteiger partial charge in [-0.2, -0.15) is 0 Å². The summed E-state index contributed by atoms with van der Waals surface area (Å²) in [6.07, 6.45) is 1.04. The van der Waals surface area contributed by atoms with Crippen LogP contribution in [0.25, 0.3) is 0 Å². The van der Waals surface area contributed by atoms with E-state index in [1.54, 1.807) is 0 Å². The van der Waals surface area contributed by atoms with Crippen molar-refractivity contribution in [3.05, 3.63) is 58.1 Å². The number of carbonyl (C=O) groups is 1. The van der Waals surface area contributed by atoms with Crippen molar-refractivity contribution in [2.75, 3.05) is 42.9 Å². The summed E-state index contributed by atoms with van der Waals surface area (Å²) in [6.45, 7) is 10.8. The number of halogens is 2. The van der Waals surface area contributed by atoms with Gasteiger partial charge in [0.05, 0.1) is 10.0 Å². The standard InChI is InChI=1S/C24H32Cl2N4O/c1-17(2)14-21(16-27-24(31)28-19-6-4-18(3)5-7-19)30-12-10-29(11-13-30)20-8-9-22(25)23(26)15-20/h4-9,15,17,21H,10-14,16H2,1-3H3,(H2,27,28,31). The van der Waals surface area contributed by atoms with Crippen molar-refractivity contribution < 1.29 is 4.79 Å². The number of anilines is 2. The molecular formula is C24H32Cl2N4O. The maximum atomic E-state index is 12.4. The fourth-order valence-electron chi connectivity index (χ4n) is 3.96. The summed E-state index contributed by atoms with van der Waals surface area (Å²) in [7, 11) is 0. The molecule has 1 heterocycles. The van der Waals surface area contributed by atoms with Gasteiger partial charge in [-0.25, -0.2) is 4.79 Å². The van der Waals surface area contributed by atoms with Gasteiger partial charge < -0.3 is 15.5 Å². The number of carbonyl (C=O) groups excluding carboxylic acids is 1. The van der Waals surface area contributed by atoms with Crippen molar-refractivity contribution >= 4 is 40.6 Å². The molecule has 1 unspecified atom stereocenters. The van der Waals surface area contributed by atoms with Gasteiger partial charge in [0.2, 0.25) is 0 Å². The molecule has 2 aromatic rings. The number of rotatable bonds is 7. The van der Waals surface area contributed by atoms with Crippen LogP contribution in [0.15, 0.2) is 42.5 Å². The molecule has 0 saturated carbocycles. The van der Waals surface area contributed by atoms with Crippen molar-refractivity contribution in [3.63, 3.8) is 0 Å². The van der Waals surface area contributed by atoms with Crippen LogP contribution in [0.2, 0.25) is 10.0 Å². The zero-order valence-electron chi connectivity index (χ0n) is 18.5. The Labute approximate surface area is 195 Å². The maximum absolute atomic E-state index is 12.4. The third-order valence-corrected chi connectivity index (χ3v) is 6.39. The highest BCUT2D eigenvalue weighted by molar-refractivity contribution is 6.42.